The van der Waals surface area contributed by atoms with Crippen molar-refractivity contribution in [3.8, 4) is 0 Å². The number of hydrogen-bond acceptors (Lipinski definition) is 4. The molecule has 0 fully saturated rings. The van der Waals surface area contributed by atoms with Crippen LogP contribution in [0, 0.1) is 10.1 Å². The number of carbonyl (C=O) groups is 1. The zero-order valence-electron chi connectivity index (χ0n) is 10.7. The van der Waals surface area contributed by atoms with Crippen LogP contribution in [0.5, 0.6) is 0 Å². The van der Waals surface area contributed by atoms with Gasteiger partial charge in [-0.05, 0) is 19.4 Å². The largest absolute Gasteiger partial charge is 0.393 e. The molecule has 19 heavy (non-hydrogen) atoms. The number of aliphatic hydroxyl groups excluding tert-OH is 1. The lowest BCUT2D eigenvalue weighted by Crippen LogP contribution is -2.29. The van der Waals surface area contributed by atoms with E-state index in [1.54, 1.807) is 14.0 Å². The van der Waals surface area contributed by atoms with Crippen LogP contribution in [-0.4, -0.2) is 40.5 Å². The summed E-state index contributed by atoms with van der Waals surface area (Å²) in [5, 5.41) is 19.8. The third-order valence-corrected chi connectivity index (χ3v) is 3.03. The van der Waals surface area contributed by atoms with Crippen molar-refractivity contribution in [1.29, 1.82) is 0 Å². The van der Waals surface area contributed by atoms with Crippen LogP contribution in [0.2, 0.25) is 5.02 Å². The van der Waals surface area contributed by atoms with Crippen molar-refractivity contribution in [2.24, 2.45) is 0 Å². The molecule has 0 spiro atoms. The molecule has 1 amide bonds. The molecule has 1 aromatic carbocycles. The number of carbonyl (C=O) groups excluding carboxylic acids is 1. The normalized spacial score (nSPS) is 12.0. The first-order valence-electron chi connectivity index (χ1n) is 5.71. The van der Waals surface area contributed by atoms with E-state index in [0.29, 0.717) is 13.0 Å². The lowest BCUT2D eigenvalue weighted by molar-refractivity contribution is -0.384. The van der Waals surface area contributed by atoms with E-state index in [4.69, 9.17) is 11.6 Å². The molecule has 1 atom stereocenters. The fourth-order valence-corrected chi connectivity index (χ4v) is 1.79. The highest BCUT2D eigenvalue weighted by Crippen LogP contribution is 2.28. The van der Waals surface area contributed by atoms with Crippen LogP contribution >= 0.6 is 11.6 Å². The van der Waals surface area contributed by atoms with Crippen LogP contribution < -0.4 is 0 Å². The minimum atomic E-state index is -0.630. The molecule has 6 nitrogen and oxygen atoms in total. The van der Waals surface area contributed by atoms with Crippen molar-refractivity contribution in [2.75, 3.05) is 13.6 Å². The van der Waals surface area contributed by atoms with Gasteiger partial charge in [-0.25, -0.2) is 0 Å². The average Bonchev–Trinajstić information content (AvgIpc) is 2.34. The number of amides is 1. The van der Waals surface area contributed by atoms with Gasteiger partial charge >= 0.3 is 0 Å². The number of nitrogens with zero attached hydrogens (tertiary/aromatic N) is 2. The Morgan fingerprint density at radius 1 is 1.58 bits per heavy atom. The highest BCUT2D eigenvalue weighted by molar-refractivity contribution is 6.35. The van der Waals surface area contributed by atoms with Gasteiger partial charge < -0.3 is 10.0 Å². The van der Waals surface area contributed by atoms with E-state index in [2.05, 4.69) is 0 Å². The summed E-state index contributed by atoms with van der Waals surface area (Å²) in [6, 6.07) is 4.10. The Balaban J connectivity index is 2.94. The fraction of sp³-hybridized carbons (Fsp3) is 0.417. The Morgan fingerprint density at radius 3 is 2.74 bits per heavy atom. The number of halogens is 1. The molecule has 0 heterocycles. The van der Waals surface area contributed by atoms with Crippen LogP contribution in [0.3, 0.4) is 0 Å². The van der Waals surface area contributed by atoms with Gasteiger partial charge in [-0.15, -0.1) is 0 Å². The van der Waals surface area contributed by atoms with Crippen LogP contribution in [0.15, 0.2) is 18.2 Å². The Kier molecular flexibility index (Phi) is 5.26. The topological polar surface area (TPSA) is 83.7 Å². The van der Waals surface area contributed by atoms with Gasteiger partial charge in [0.25, 0.3) is 11.6 Å². The zero-order chi connectivity index (χ0) is 14.6. The summed E-state index contributed by atoms with van der Waals surface area (Å²) in [5.74, 6) is -0.408. The summed E-state index contributed by atoms with van der Waals surface area (Å²) in [6.45, 7) is 1.97. The van der Waals surface area contributed by atoms with Crippen LogP contribution in [0.1, 0.15) is 23.7 Å². The minimum absolute atomic E-state index is 0.0870. The Labute approximate surface area is 115 Å². The molecule has 0 radical (unpaired) electrons. The van der Waals surface area contributed by atoms with E-state index >= 15 is 0 Å². The summed E-state index contributed by atoms with van der Waals surface area (Å²) in [7, 11) is 1.56. The maximum atomic E-state index is 12.1. The molecule has 0 saturated heterocycles. The Morgan fingerprint density at radius 2 is 2.21 bits per heavy atom. The molecule has 0 aliphatic heterocycles. The third-order valence-electron chi connectivity index (χ3n) is 2.63. The van der Waals surface area contributed by atoms with Crippen LogP contribution in [0.4, 0.5) is 5.69 Å². The van der Waals surface area contributed by atoms with E-state index in [1.807, 2.05) is 0 Å². The quantitative estimate of drug-likeness (QED) is 0.663. The second kappa shape index (κ2) is 6.49. The second-order valence-electron chi connectivity index (χ2n) is 4.26. The van der Waals surface area contributed by atoms with E-state index in [9.17, 15) is 20.0 Å². The van der Waals surface area contributed by atoms with Gasteiger partial charge in [0.1, 0.15) is 5.02 Å². The first-order valence-corrected chi connectivity index (χ1v) is 6.08. The number of aliphatic hydroxyl groups is 1. The van der Waals surface area contributed by atoms with Crippen molar-refractivity contribution in [3.63, 3.8) is 0 Å². The zero-order valence-corrected chi connectivity index (χ0v) is 11.4. The molecule has 0 saturated carbocycles. The summed E-state index contributed by atoms with van der Waals surface area (Å²) in [6.07, 6.45) is -0.0924. The first-order chi connectivity index (χ1) is 8.84. The maximum Gasteiger partial charge on any atom is 0.288 e. The first kappa shape index (κ1) is 15.4. The van der Waals surface area contributed by atoms with E-state index in [0.717, 1.165) is 0 Å². The van der Waals surface area contributed by atoms with Crippen molar-refractivity contribution in [1.82, 2.24) is 4.90 Å². The minimum Gasteiger partial charge on any atom is -0.393 e. The van der Waals surface area contributed by atoms with Crippen molar-refractivity contribution >= 4 is 23.2 Å². The van der Waals surface area contributed by atoms with Gasteiger partial charge in [0.05, 0.1) is 16.6 Å². The smallest absolute Gasteiger partial charge is 0.288 e. The number of rotatable bonds is 5. The SMILES string of the molecule is CC(O)CCN(C)C(=O)c1cccc([N+](=O)[O-])c1Cl. The van der Waals surface area contributed by atoms with E-state index < -0.39 is 16.9 Å². The van der Waals surface area contributed by atoms with Crippen LogP contribution in [0.25, 0.3) is 0 Å². The highest BCUT2D eigenvalue weighted by Gasteiger charge is 2.22. The monoisotopic (exact) mass is 286 g/mol. The number of hydrogen-bond donors (Lipinski definition) is 1. The Bertz CT molecular complexity index is 491. The van der Waals surface area contributed by atoms with Gasteiger partial charge in [0.15, 0.2) is 0 Å². The van der Waals surface area contributed by atoms with Gasteiger partial charge in [-0.2, -0.15) is 0 Å². The predicted molar refractivity (Wildman–Crippen MR) is 71.4 cm³/mol. The molecule has 0 aliphatic rings. The van der Waals surface area contributed by atoms with Gasteiger partial charge in [-0.3, -0.25) is 14.9 Å². The predicted octanol–water partition coefficient (Wildman–Crippen LogP) is 2.09. The third kappa shape index (κ3) is 3.90. The maximum absolute atomic E-state index is 12.1. The standard InChI is InChI=1S/C12H15ClN2O4/c1-8(16)6-7-14(2)12(17)9-4-3-5-10(11(9)13)15(18)19/h3-5,8,16H,6-7H2,1-2H3. The average molecular weight is 287 g/mol. The molecular formula is C12H15ClN2O4. The highest BCUT2D eigenvalue weighted by atomic mass is 35.5. The fourth-order valence-electron chi connectivity index (χ4n) is 1.51. The number of benzene rings is 1. The molecular weight excluding hydrogens is 272 g/mol. The van der Waals surface area contributed by atoms with Crippen molar-refractivity contribution < 1.29 is 14.8 Å². The molecule has 0 aliphatic carbocycles. The molecule has 104 valence electrons. The van der Waals surface area contributed by atoms with Gasteiger partial charge in [0.2, 0.25) is 0 Å². The van der Waals surface area contributed by atoms with E-state index in [-0.39, 0.29) is 16.3 Å². The lowest BCUT2D eigenvalue weighted by atomic mass is 10.1. The van der Waals surface area contributed by atoms with Crippen molar-refractivity contribution in [2.45, 2.75) is 19.4 Å². The second-order valence-corrected chi connectivity index (χ2v) is 4.64. The Hall–Kier alpha value is -1.66. The molecule has 1 rings (SSSR count). The summed E-state index contributed by atoms with van der Waals surface area (Å²) >= 11 is 5.87. The number of nitro groups is 1. The molecule has 0 bridgehead atoms. The van der Waals surface area contributed by atoms with Gasteiger partial charge in [-0.1, -0.05) is 17.7 Å². The number of nitro benzene ring substituents is 1. The molecule has 0 aromatic heterocycles. The lowest BCUT2D eigenvalue weighted by Gasteiger charge is -2.18. The summed E-state index contributed by atoms with van der Waals surface area (Å²) in [5.41, 5.74) is -0.208. The molecule has 1 N–H and O–H groups in total. The van der Waals surface area contributed by atoms with E-state index in [1.165, 1.54) is 23.1 Å². The molecule has 1 unspecified atom stereocenters. The van der Waals surface area contributed by atoms with Crippen LogP contribution in [-0.2, 0) is 0 Å². The molecule has 1 aromatic rings. The molecule has 7 heteroatoms. The summed E-state index contributed by atoms with van der Waals surface area (Å²) < 4.78 is 0. The van der Waals surface area contributed by atoms with Gasteiger partial charge in [0, 0.05) is 19.7 Å². The summed E-state index contributed by atoms with van der Waals surface area (Å²) in [4.78, 5) is 23.6. The van der Waals surface area contributed by atoms with Crippen molar-refractivity contribution in [3.05, 3.63) is 38.9 Å².